The minimum atomic E-state index is 0. The van der Waals surface area contributed by atoms with E-state index in [1.807, 2.05) is 24.3 Å². The lowest BCUT2D eigenvalue weighted by molar-refractivity contribution is -0.0679. The molecule has 0 aromatic heterocycles. The summed E-state index contributed by atoms with van der Waals surface area (Å²) in [5, 5.41) is 6.62. The lowest BCUT2D eigenvalue weighted by atomic mass is 10.2. The van der Waals surface area contributed by atoms with Crippen LogP contribution >= 0.6 is 24.0 Å². The second-order valence-electron chi connectivity index (χ2n) is 6.82. The Bertz CT molecular complexity index is 561. The fourth-order valence-electron chi connectivity index (χ4n) is 3.21. The molecule has 1 aliphatic heterocycles. The normalized spacial score (nSPS) is 20.2. The summed E-state index contributed by atoms with van der Waals surface area (Å²) in [5.41, 5.74) is 0. The fourth-order valence-corrected chi connectivity index (χ4v) is 3.21. The first-order valence-electron chi connectivity index (χ1n) is 9.70. The van der Waals surface area contributed by atoms with E-state index in [1.54, 1.807) is 14.2 Å². The van der Waals surface area contributed by atoms with E-state index in [0.717, 1.165) is 50.1 Å². The summed E-state index contributed by atoms with van der Waals surface area (Å²) in [7, 11) is 3.44. The highest BCUT2D eigenvalue weighted by molar-refractivity contribution is 14.0. The SMILES string of the molecule is CN=C(NCCCN1CC(C)OC(C)C1)NCCOc1ccc(OC)cc1.I. The number of ether oxygens (including phenoxy) is 3. The van der Waals surface area contributed by atoms with Gasteiger partial charge in [-0.25, -0.2) is 0 Å². The molecule has 1 aromatic carbocycles. The maximum absolute atomic E-state index is 5.77. The second-order valence-corrected chi connectivity index (χ2v) is 6.82. The molecule has 0 amide bonds. The number of morpholine rings is 1. The lowest BCUT2D eigenvalue weighted by Gasteiger charge is -2.35. The molecule has 1 aliphatic rings. The summed E-state index contributed by atoms with van der Waals surface area (Å²) < 4.78 is 16.6. The predicted octanol–water partition coefficient (Wildman–Crippen LogP) is 2.36. The third-order valence-corrected chi connectivity index (χ3v) is 4.39. The molecule has 160 valence electrons. The van der Waals surface area contributed by atoms with E-state index in [-0.39, 0.29) is 24.0 Å². The molecule has 8 heteroatoms. The van der Waals surface area contributed by atoms with Gasteiger partial charge in [0.1, 0.15) is 18.1 Å². The number of aliphatic imine (C=N–C) groups is 1. The van der Waals surface area contributed by atoms with E-state index in [1.165, 1.54) is 0 Å². The Hall–Kier alpha value is -1.26. The molecule has 0 aliphatic carbocycles. The molecule has 2 unspecified atom stereocenters. The van der Waals surface area contributed by atoms with Crippen molar-refractivity contribution < 1.29 is 14.2 Å². The Kier molecular flexibility index (Phi) is 12.2. The molecule has 2 rings (SSSR count). The molecule has 0 spiro atoms. The van der Waals surface area contributed by atoms with Gasteiger partial charge in [0.25, 0.3) is 0 Å². The number of nitrogens with one attached hydrogen (secondary N) is 2. The van der Waals surface area contributed by atoms with Gasteiger partial charge >= 0.3 is 0 Å². The standard InChI is InChI=1S/C20H34N4O3.HI/c1-16-14-24(15-17(2)27-16)12-5-10-22-20(21-3)23-11-13-26-19-8-6-18(25-4)7-9-19;/h6-9,16-17H,5,10-15H2,1-4H3,(H2,21,22,23);1H. The first-order chi connectivity index (χ1) is 13.1. The number of benzene rings is 1. The van der Waals surface area contributed by atoms with Gasteiger partial charge in [0, 0.05) is 33.2 Å². The third kappa shape index (κ3) is 9.29. The Morgan fingerprint density at radius 1 is 1.11 bits per heavy atom. The summed E-state index contributed by atoms with van der Waals surface area (Å²) in [6.07, 6.45) is 1.71. The molecular weight excluding hydrogens is 471 g/mol. The average molecular weight is 506 g/mol. The van der Waals surface area contributed by atoms with Crippen LogP contribution in [0.5, 0.6) is 11.5 Å². The minimum absolute atomic E-state index is 0. The maximum atomic E-state index is 5.77. The van der Waals surface area contributed by atoms with Crippen molar-refractivity contribution in [2.24, 2.45) is 4.99 Å². The van der Waals surface area contributed by atoms with Crippen molar-refractivity contribution in [3.8, 4) is 11.5 Å². The molecule has 2 N–H and O–H groups in total. The molecular formula is C20H35IN4O3. The molecule has 1 saturated heterocycles. The average Bonchev–Trinajstić information content (AvgIpc) is 2.66. The van der Waals surface area contributed by atoms with Crippen LogP contribution in [-0.4, -0.2) is 76.6 Å². The van der Waals surface area contributed by atoms with E-state index in [0.29, 0.717) is 25.4 Å². The molecule has 0 bridgehead atoms. The van der Waals surface area contributed by atoms with Gasteiger partial charge in [0.15, 0.2) is 5.96 Å². The summed E-state index contributed by atoms with van der Waals surface area (Å²) in [4.78, 5) is 6.72. The van der Waals surface area contributed by atoms with Crippen molar-refractivity contribution in [1.29, 1.82) is 0 Å². The van der Waals surface area contributed by atoms with Crippen molar-refractivity contribution in [3.05, 3.63) is 24.3 Å². The highest BCUT2D eigenvalue weighted by Crippen LogP contribution is 2.16. The van der Waals surface area contributed by atoms with Gasteiger partial charge in [0.2, 0.25) is 0 Å². The Morgan fingerprint density at radius 2 is 1.71 bits per heavy atom. The summed E-state index contributed by atoms with van der Waals surface area (Å²) in [5.74, 6) is 2.46. The Labute approximate surface area is 186 Å². The van der Waals surface area contributed by atoms with Crippen molar-refractivity contribution in [2.45, 2.75) is 32.5 Å². The van der Waals surface area contributed by atoms with E-state index >= 15 is 0 Å². The van der Waals surface area contributed by atoms with E-state index in [4.69, 9.17) is 14.2 Å². The zero-order chi connectivity index (χ0) is 19.5. The van der Waals surface area contributed by atoms with Crippen LogP contribution < -0.4 is 20.1 Å². The van der Waals surface area contributed by atoms with Gasteiger partial charge in [-0.3, -0.25) is 9.89 Å². The molecule has 0 saturated carbocycles. The highest BCUT2D eigenvalue weighted by Gasteiger charge is 2.21. The number of halogens is 1. The molecule has 0 radical (unpaired) electrons. The van der Waals surface area contributed by atoms with Crippen LogP contribution in [0.15, 0.2) is 29.3 Å². The fraction of sp³-hybridized carbons (Fsp3) is 0.650. The summed E-state index contributed by atoms with van der Waals surface area (Å²) in [6, 6.07) is 7.58. The summed E-state index contributed by atoms with van der Waals surface area (Å²) in [6.45, 7) is 9.52. The van der Waals surface area contributed by atoms with Gasteiger partial charge in [-0.1, -0.05) is 0 Å². The molecule has 7 nitrogen and oxygen atoms in total. The van der Waals surface area contributed by atoms with Crippen LogP contribution in [0.2, 0.25) is 0 Å². The van der Waals surface area contributed by atoms with E-state index in [9.17, 15) is 0 Å². The summed E-state index contributed by atoms with van der Waals surface area (Å²) >= 11 is 0. The van der Waals surface area contributed by atoms with Crippen LogP contribution in [0.3, 0.4) is 0 Å². The van der Waals surface area contributed by atoms with Crippen LogP contribution in [0, 0.1) is 0 Å². The molecule has 1 heterocycles. The number of rotatable bonds is 9. The van der Waals surface area contributed by atoms with Crippen molar-refractivity contribution in [2.75, 3.05) is 53.5 Å². The second kappa shape index (κ2) is 13.8. The number of hydrogen-bond donors (Lipinski definition) is 2. The van der Waals surface area contributed by atoms with Crippen LogP contribution in [0.25, 0.3) is 0 Å². The van der Waals surface area contributed by atoms with Gasteiger partial charge in [-0.15, -0.1) is 24.0 Å². The van der Waals surface area contributed by atoms with Crippen molar-refractivity contribution in [1.82, 2.24) is 15.5 Å². The molecule has 2 atom stereocenters. The highest BCUT2D eigenvalue weighted by atomic mass is 127. The number of methoxy groups -OCH3 is 1. The minimum Gasteiger partial charge on any atom is -0.497 e. The third-order valence-electron chi connectivity index (χ3n) is 4.39. The van der Waals surface area contributed by atoms with Crippen molar-refractivity contribution in [3.63, 3.8) is 0 Å². The van der Waals surface area contributed by atoms with E-state index in [2.05, 4.69) is 34.4 Å². The number of hydrogen-bond acceptors (Lipinski definition) is 5. The van der Waals surface area contributed by atoms with Gasteiger partial charge in [-0.2, -0.15) is 0 Å². The smallest absolute Gasteiger partial charge is 0.191 e. The van der Waals surface area contributed by atoms with Crippen LogP contribution in [0.4, 0.5) is 0 Å². The van der Waals surface area contributed by atoms with E-state index < -0.39 is 0 Å². The van der Waals surface area contributed by atoms with Gasteiger partial charge in [-0.05, 0) is 44.5 Å². The number of guanidine groups is 1. The molecule has 28 heavy (non-hydrogen) atoms. The maximum Gasteiger partial charge on any atom is 0.191 e. The topological polar surface area (TPSA) is 67.4 Å². The van der Waals surface area contributed by atoms with Crippen LogP contribution in [0.1, 0.15) is 20.3 Å². The first-order valence-corrected chi connectivity index (χ1v) is 9.70. The van der Waals surface area contributed by atoms with Gasteiger partial charge in [0.05, 0.1) is 25.9 Å². The first kappa shape index (κ1) is 24.8. The quantitative estimate of drug-likeness (QED) is 0.232. The zero-order valence-electron chi connectivity index (χ0n) is 17.4. The number of nitrogens with zero attached hydrogens (tertiary/aromatic N) is 2. The van der Waals surface area contributed by atoms with Crippen molar-refractivity contribution >= 4 is 29.9 Å². The van der Waals surface area contributed by atoms with Gasteiger partial charge < -0.3 is 24.8 Å². The molecule has 1 fully saturated rings. The Balaban J connectivity index is 0.00000392. The lowest BCUT2D eigenvalue weighted by Crippen LogP contribution is -2.46. The van der Waals surface area contributed by atoms with Crippen LogP contribution in [-0.2, 0) is 4.74 Å². The molecule has 1 aromatic rings. The predicted molar refractivity (Wildman–Crippen MR) is 124 cm³/mol. The zero-order valence-corrected chi connectivity index (χ0v) is 19.8. The largest absolute Gasteiger partial charge is 0.497 e. The Morgan fingerprint density at radius 3 is 2.32 bits per heavy atom. The monoisotopic (exact) mass is 506 g/mol.